The second-order valence-electron chi connectivity index (χ2n) is 7.89. The van der Waals surface area contributed by atoms with Crippen molar-refractivity contribution in [3.8, 4) is 22.8 Å². The maximum absolute atomic E-state index is 13.5. The zero-order valence-corrected chi connectivity index (χ0v) is 17.7. The summed E-state index contributed by atoms with van der Waals surface area (Å²) >= 11 is 0. The number of piperidine rings is 1. The fourth-order valence-electron chi connectivity index (χ4n) is 3.71. The lowest BCUT2D eigenvalue weighted by molar-refractivity contribution is -0.126. The van der Waals surface area contributed by atoms with E-state index in [2.05, 4.69) is 32.3 Å². The van der Waals surface area contributed by atoms with Crippen molar-refractivity contribution < 1.29 is 13.7 Å². The van der Waals surface area contributed by atoms with Crippen molar-refractivity contribution in [1.29, 1.82) is 0 Å². The van der Waals surface area contributed by atoms with Gasteiger partial charge in [-0.15, -0.1) is 0 Å². The van der Waals surface area contributed by atoms with Gasteiger partial charge in [0.1, 0.15) is 11.6 Å². The number of carbonyl (C=O) groups excluding carboxylic acids is 1. The van der Waals surface area contributed by atoms with Crippen molar-refractivity contribution >= 4 is 11.7 Å². The minimum absolute atomic E-state index is 0.0143. The monoisotopic (exact) mass is 423 g/mol. The van der Waals surface area contributed by atoms with Gasteiger partial charge in [-0.2, -0.15) is 4.98 Å². The fraction of sp³-hybridized carbons (Fsp3) is 0.391. The number of hydrogen-bond donors (Lipinski definition) is 1. The Morgan fingerprint density at radius 1 is 1.29 bits per heavy atom. The molecule has 1 saturated heterocycles. The maximum atomic E-state index is 13.5. The van der Waals surface area contributed by atoms with Crippen LogP contribution in [0.1, 0.15) is 33.1 Å². The molecule has 1 N–H and O–H groups in total. The molecule has 4 rings (SSSR count). The summed E-state index contributed by atoms with van der Waals surface area (Å²) in [5.74, 6) is 1.19. The van der Waals surface area contributed by atoms with Crippen LogP contribution in [-0.4, -0.2) is 40.2 Å². The predicted molar refractivity (Wildman–Crippen MR) is 116 cm³/mol. The van der Waals surface area contributed by atoms with E-state index in [1.807, 2.05) is 19.1 Å². The average Bonchev–Trinajstić information content (AvgIpc) is 3.29. The zero-order valence-electron chi connectivity index (χ0n) is 17.7. The number of aromatic nitrogens is 3. The number of amides is 1. The Balaban J connectivity index is 1.50. The third-order valence-electron chi connectivity index (χ3n) is 5.69. The highest BCUT2D eigenvalue weighted by Gasteiger charge is 2.28. The normalized spacial score (nSPS) is 15.6. The lowest BCUT2D eigenvalue weighted by Gasteiger charge is -2.33. The number of nitrogens with zero attached hydrogens (tertiary/aromatic N) is 4. The number of nitrogens with one attached hydrogen (secondary N) is 1. The minimum atomic E-state index is -0.355. The van der Waals surface area contributed by atoms with Crippen LogP contribution in [0.3, 0.4) is 0 Å². The second-order valence-corrected chi connectivity index (χ2v) is 7.89. The number of rotatable bonds is 6. The van der Waals surface area contributed by atoms with Crippen LogP contribution in [0.4, 0.5) is 10.2 Å². The van der Waals surface area contributed by atoms with E-state index in [0.29, 0.717) is 30.4 Å². The van der Waals surface area contributed by atoms with E-state index < -0.39 is 0 Å². The molecule has 1 fully saturated rings. The molecule has 0 bridgehead atoms. The molecule has 31 heavy (non-hydrogen) atoms. The minimum Gasteiger partial charge on any atom is -0.356 e. The molecule has 3 aromatic rings. The molecular weight excluding hydrogens is 397 g/mol. The number of pyridine rings is 1. The number of anilines is 1. The van der Waals surface area contributed by atoms with Crippen LogP contribution < -0.4 is 10.2 Å². The quantitative estimate of drug-likeness (QED) is 0.643. The summed E-state index contributed by atoms with van der Waals surface area (Å²) in [5, 5.41) is 7.09. The Morgan fingerprint density at radius 2 is 2.10 bits per heavy atom. The number of carbonyl (C=O) groups is 1. The van der Waals surface area contributed by atoms with Crippen LogP contribution in [-0.2, 0) is 4.79 Å². The van der Waals surface area contributed by atoms with Crippen LogP contribution in [0.25, 0.3) is 22.8 Å². The van der Waals surface area contributed by atoms with E-state index in [0.717, 1.165) is 30.6 Å². The van der Waals surface area contributed by atoms with Gasteiger partial charge in [0.2, 0.25) is 11.7 Å². The molecule has 0 aliphatic carbocycles. The smallest absolute Gasteiger partial charge is 0.261 e. The Bertz CT molecular complexity index is 1050. The summed E-state index contributed by atoms with van der Waals surface area (Å²) in [6.07, 6.45) is 4.17. The first-order valence-electron chi connectivity index (χ1n) is 10.7. The van der Waals surface area contributed by atoms with E-state index in [-0.39, 0.29) is 23.7 Å². The molecule has 1 aliphatic heterocycles. The van der Waals surface area contributed by atoms with Gasteiger partial charge in [-0.05, 0) is 50.5 Å². The average molecular weight is 423 g/mol. The Hall–Kier alpha value is -3.29. The predicted octanol–water partition coefficient (Wildman–Crippen LogP) is 4.07. The molecule has 0 unspecified atom stereocenters. The summed E-state index contributed by atoms with van der Waals surface area (Å²) in [6.45, 7) is 5.52. The summed E-state index contributed by atoms with van der Waals surface area (Å²) in [7, 11) is 0. The van der Waals surface area contributed by atoms with Crippen molar-refractivity contribution in [2.24, 2.45) is 5.92 Å². The molecule has 1 aliphatic rings. The molecule has 1 aromatic carbocycles. The fourth-order valence-corrected chi connectivity index (χ4v) is 3.71. The van der Waals surface area contributed by atoms with Gasteiger partial charge >= 0.3 is 0 Å². The highest BCUT2D eigenvalue weighted by Crippen LogP contribution is 2.32. The molecule has 0 saturated carbocycles. The van der Waals surface area contributed by atoms with Gasteiger partial charge < -0.3 is 14.7 Å². The molecule has 0 spiro atoms. The molecule has 162 valence electrons. The molecule has 7 nitrogen and oxygen atoms in total. The summed E-state index contributed by atoms with van der Waals surface area (Å²) in [6, 6.07) is 9.97. The van der Waals surface area contributed by atoms with Crippen LogP contribution in [0.2, 0.25) is 0 Å². The molecular formula is C23H26FN5O2. The molecule has 3 heterocycles. The first kappa shape index (κ1) is 21.0. The van der Waals surface area contributed by atoms with E-state index in [1.165, 1.54) is 12.1 Å². The lowest BCUT2D eigenvalue weighted by Crippen LogP contribution is -2.43. The highest BCUT2D eigenvalue weighted by atomic mass is 19.1. The van der Waals surface area contributed by atoms with Gasteiger partial charge in [-0.1, -0.05) is 24.2 Å². The second kappa shape index (κ2) is 9.24. The summed E-state index contributed by atoms with van der Waals surface area (Å²) in [4.78, 5) is 23.6. The topological polar surface area (TPSA) is 84.2 Å². The van der Waals surface area contributed by atoms with Crippen molar-refractivity contribution in [3.63, 3.8) is 0 Å². The third kappa shape index (κ3) is 4.73. The SMILES string of the molecule is CC[C@H](C)NC(=O)C1CCN(c2ncccc2-c2nc(-c3cccc(F)c3)no2)CC1. The summed E-state index contributed by atoms with van der Waals surface area (Å²) < 4.78 is 19.0. The van der Waals surface area contributed by atoms with Crippen LogP contribution in [0.5, 0.6) is 0 Å². The first-order valence-corrected chi connectivity index (χ1v) is 10.7. The van der Waals surface area contributed by atoms with Crippen molar-refractivity contribution in [2.45, 2.75) is 39.2 Å². The van der Waals surface area contributed by atoms with Crippen LogP contribution in [0.15, 0.2) is 47.1 Å². The Labute approximate surface area is 180 Å². The standard InChI is InChI=1S/C23H26FN5O2/c1-3-15(2)26-22(30)16-9-12-29(13-10-16)21-19(8-5-11-25-21)23-27-20(28-31-23)17-6-4-7-18(24)14-17/h4-8,11,14-16H,3,9-10,12-13H2,1-2H3,(H,26,30)/t15-/m0/s1. The van der Waals surface area contributed by atoms with Crippen LogP contribution >= 0.6 is 0 Å². The zero-order chi connectivity index (χ0) is 21.8. The molecule has 0 radical (unpaired) electrons. The molecule has 1 amide bonds. The van der Waals surface area contributed by atoms with Gasteiger partial charge in [-0.25, -0.2) is 9.37 Å². The maximum Gasteiger partial charge on any atom is 0.261 e. The van der Waals surface area contributed by atoms with Crippen molar-refractivity contribution in [3.05, 3.63) is 48.4 Å². The largest absolute Gasteiger partial charge is 0.356 e. The van der Waals surface area contributed by atoms with E-state index in [9.17, 15) is 9.18 Å². The summed E-state index contributed by atoms with van der Waals surface area (Å²) in [5.41, 5.74) is 1.27. The van der Waals surface area contributed by atoms with E-state index in [4.69, 9.17) is 4.52 Å². The number of halogens is 1. The van der Waals surface area contributed by atoms with Gasteiger partial charge in [0.15, 0.2) is 0 Å². The van der Waals surface area contributed by atoms with Gasteiger partial charge in [-0.3, -0.25) is 4.79 Å². The molecule has 2 aromatic heterocycles. The highest BCUT2D eigenvalue weighted by molar-refractivity contribution is 5.79. The third-order valence-corrected chi connectivity index (χ3v) is 5.69. The van der Waals surface area contributed by atoms with E-state index in [1.54, 1.807) is 18.3 Å². The Morgan fingerprint density at radius 3 is 2.84 bits per heavy atom. The molecule has 1 atom stereocenters. The van der Waals surface area contributed by atoms with Gasteiger partial charge in [0.25, 0.3) is 5.89 Å². The Kier molecular flexibility index (Phi) is 6.25. The molecule has 8 heteroatoms. The number of hydrogen-bond acceptors (Lipinski definition) is 6. The van der Waals surface area contributed by atoms with Crippen molar-refractivity contribution in [2.75, 3.05) is 18.0 Å². The van der Waals surface area contributed by atoms with Gasteiger partial charge in [0, 0.05) is 36.8 Å². The van der Waals surface area contributed by atoms with Crippen molar-refractivity contribution in [1.82, 2.24) is 20.4 Å². The van der Waals surface area contributed by atoms with Gasteiger partial charge in [0.05, 0.1) is 5.56 Å². The lowest BCUT2D eigenvalue weighted by atomic mass is 9.95. The van der Waals surface area contributed by atoms with Crippen LogP contribution in [0, 0.1) is 11.7 Å². The number of benzene rings is 1. The van der Waals surface area contributed by atoms with E-state index >= 15 is 0 Å². The first-order chi connectivity index (χ1) is 15.0.